The smallest absolute Gasteiger partial charge is 0.410 e. The summed E-state index contributed by atoms with van der Waals surface area (Å²) in [6.45, 7) is 2.41. The van der Waals surface area contributed by atoms with Crippen LogP contribution in [0.1, 0.15) is 29.8 Å². The monoisotopic (exact) mass is 345 g/mol. The number of fused-ring (bicyclic) bond motifs is 1. The van der Waals surface area contributed by atoms with Gasteiger partial charge in [0.05, 0.1) is 6.61 Å². The van der Waals surface area contributed by atoms with Crippen molar-refractivity contribution in [2.75, 3.05) is 26.2 Å². The molecule has 1 aromatic carbocycles. The molecular formula is C18H20FN3O3. The largest absolute Gasteiger partial charge is 0.449 e. The van der Waals surface area contributed by atoms with E-state index < -0.39 is 0 Å². The molecule has 2 aromatic rings. The highest BCUT2D eigenvalue weighted by Crippen LogP contribution is 2.23. The average Bonchev–Trinajstić information content (AvgIpc) is 3.05. The minimum Gasteiger partial charge on any atom is -0.449 e. The lowest BCUT2D eigenvalue weighted by atomic mass is 10.0. The van der Waals surface area contributed by atoms with Crippen molar-refractivity contribution >= 4 is 22.9 Å². The number of nitrogens with one attached hydrogen (secondary N) is 1. The van der Waals surface area contributed by atoms with Crippen LogP contribution in [0.15, 0.2) is 24.3 Å². The first-order valence-electron chi connectivity index (χ1n) is 8.63. The Morgan fingerprint density at radius 1 is 1.20 bits per heavy atom. The number of aromatic amines is 1. The first-order chi connectivity index (χ1) is 12.1. The molecule has 0 unspecified atom stereocenters. The van der Waals surface area contributed by atoms with Gasteiger partial charge in [-0.05, 0) is 43.5 Å². The maximum Gasteiger partial charge on any atom is 0.410 e. The molecule has 2 fully saturated rings. The van der Waals surface area contributed by atoms with Gasteiger partial charge in [0.1, 0.15) is 11.5 Å². The molecule has 4 rings (SSSR count). The number of carbonyl (C=O) groups is 2. The van der Waals surface area contributed by atoms with Crippen LogP contribution in [-0.4, -0.2) is 59.1 Å². The molecule has 7 heteroatoms. The molecule has 0 radical (unpaired) electrons. The van der Waals surface area contributed by atoms with Gasteiger partial charge >= 0.3 is 6.09 Å². The van der Waals surface area contributed by atoms with Crippen LogP contribution < -0.4 is 0 Å². The van der Waals surface area contributed by atoms with Crippen molar-refractivity contribution in [3.8, 4) is 0 Å². The summed E-state index contributed by atoms with van der Waals surface area (Å²) in [4.78, 5) is 31.2. The van der Waals surface area contributed by atoms with Crippen LogP contribution in [-0.2, 0) is 4.74 Å². The number of nitrogens with zero attached hydrogens (tertiary/aromatic N) is 2. The van der Waals surface area contributed by atoms with E-state index in [1.54, 1.807) is 21.9 Å². The Morgan fingerprint density at radius 2 is 2.00 bits per heavy atom. The molecule has 132 valence electrons. The Hall–Kier alpha value is -2.57. The van der Waals surface area contributed by atoms with Crippen molar-refractivity contribution in [1.82, 2.24) is 14.8 Å². The zero-order valence-corrected chi connectivity index (χ0v) is 13.8. The summed E-state index contributed by atoms with van der Waals surface area (Å²) >= 11 is 0. The lowest BCUT2D eigenvalue weighted by Gasteiger charge is -2.39. The molecule has 0 atom stereocenters. The number of amides is 2. The molecule has 0 spiro atoms. The van der Waals surface area contributed by atoms with Crippen molar-refractivity contribution in [3.63, 3.8) is 0 Å². The number of likely N-dealkylation sites (tertiary alicyclic amines) is 1. The van der Waals surface area contributed by atoms with Crippen molar-refractivity contribution in [2.45, 2.75) is 25.3 Å². The molecular weight excluding hydrogens is 325 g/mol. The third-order valence-electron chi connectivity index (χ3n) is 5.01. The number of halogens is 1. The van der Waals surface area contributed by atoms with Gasteiger partial charge in [-0.15, -0.1) is 0 Å². The van der Waals surface area contributed by atoms with Gasteiger partial charge in [0.2, 0.25) is 0 Å². The van der Waals surface area contributed by atoms with Gasteiger partial charge in [-0.25, -0.2) is 9.18 Å². The highest BCUT2D eigenvalue weighted by Gasteiger charge is 2.32. The number of aromatic nitrogens is 1. The van der Waals surface area contributed by atoms with E-state index >= 15 is 0 Å². The molecule has 1 aromatic heterocycles. The summed E-state index contributed by atoms with van der Waals surface area (Å²) in [7, 11) is 0. The van der Waals surface area contributed by atoms with Gasteiger partial charge in [0.15, 0.2) is 0 Å². The van der Waals surface area contributed by atoms with Gasteiger partial charge in [-0.3, -0.25) is 4.79 Å². The molecule has 2 saturated heterocycles. The van der Waals surface area contributed by atoms with Gasteiger partial charge in [0.25, 0.3) is 5.91 Å². The zero-order valence-electron chi connectivity index (χ0n) is 13.8. The van der Waals surface area contributed by atoms with E-state index in [0.29, 0.717) is 30.8 Å². The standard InChI is InChI=1S/C18H20FN3O3/c19-13-2-3-15-12(10-13)11-16(20-15)17(23)21-7-4-14(5-8-21)22-6-1-9-25-18(22)24/h2-3,10-11,14,20H,1,4-9H2. The van der Waals surface area contributed by atoms with E-state index in [1.807, 2.05) is 0 Å². The van der Waals surface area contributed by atoms with Crippen LogP contribution in [0.4, 0.5) is 9.18 Å². The van der Waals surface area contributed by atoms with Crippen LogP contribution in [0, 0.1) is 5.82 Å². The highest BCUT2D eigenvalue weighted by atomic mass is 19.1. The Kier molecular flexibility index (Phi) is 4.07. The van der Waals surface area contributed by atoms with Crippen LogP contribution in [0.25, 0.3) is 10.9 Å². The predicted octanol–water partition coefficient (Wildman–Crippen LogP) is 2.75. The molecule has 0 saturated carbocycles. The van der Waals surface area contributed by atoms with Gasteiger partial charge < -0.3 is 19.5 Å². The second kappa shape index (κ2) is 6.38. The van der Waals surface area contributed by atoms with E-state index in [1.165, 1.54) is 12.1 Å². The van der Waals surface area contributed by atoms with Crippen LogP contribution in [0.5, 0.6) is 0 Å². The number of piperidine rings is 1. The summed E-state index contributed by atoms with van der Waals surface area (Å²) in [6, 6.07) is 6.24. The fourth-order valence-corrected chi connectivity index (χ4v) is 3.67. The Balaban J connectivity index is 1.42. The average molecular weight is 345 g/mol. The maximum atomic E-state index is 13.3. The lowest BCUT2D eigenvalue weighted by Crippen LogP contribution is -2.50. The van der Waals surface area contributed by atoms with Crippen molar-refractivity contribution in [2.24, 2.45) is 0 Å². The normalized spacial score (nSPS) is 19.3. The molecule has 0 aliphatic carbocycles. The Bertz CT molecular complexity index is 811. The van der Waals surface area contributed by atoms with E-state index in [4.69, 9.17) is 4.74 Å². The molecule has 25 heavy (non-hydrogen) atoms. The minimum atomic E-state index is -0.320. The molecule has 2 amide bonds. The SMILES string of the molecule is O=C(c1cc2cc(F)ccc2[nH]1)N1CCC(N2CCCOC2=O)CC1. The van der Waals surface area contributed by atoms with E-state index in [2.05, 4.69) is 4.98 Å². The zero-order chi connectivity index (χ0) is 17.4. The van der Waals surface area contributed by atoms with E-state index in [-0.39, 0.29) is 23.9 Å². The van der Waals surface area contributed by atoms with Crippen molar-refractivity contribution in [3.05, 3.63) is 35.8 Å². The number of rotatable bonds is 2. The summed E-state index contributed by atoms with van der Waals surface area (Å²) in [5.41, 5.74) is 1.21. The number of H-pyrrole nitrogens is 1. The lowest BCUT2D eigenvalue weighted by molar-refractivity contribution is 0.0355. The van der Waals surface area contributed by atoms with Gasteiger partial charge in [-0.1, -0.05) is 0 Å². The summed E-state index contributed by atoms with van der Waals surface area (Å²) < 4.78 is 18.4. The van der Waals surface area contributed by atoms with Crippen molar-refractivity contribution in [1.29, 1.82) is 0 Å². The summed E-state index contributed by atoms with van der Waals surface area (Å²) in [5.74, 6) is -0.406. The fourth-order valence-electron chi connectivity index (χ4n) is 3.67. The topological polar surface area (TPSA) is 65.6 Å². The molecule has 0 bridgehead atoms. The van der Waals surface area contributed by atoms with E-state index in [0.717, 1.165) is 31.3 Å². The van der Waals surface area contributed by atoms with Gasteiger partial charge in [0, 0.05) is 36.6 Å². The molecule has 3 heterocycles. The quantitative estimate of drug-likeness (QED) is 0.910. The predicted molar refractivity (Wildman–Crippen MR) is 89.9 cm³/mol. The van der Waals surface area contributed by atoms with Crippen LogP contribution in [0.3, 0.4) is 0 Å². The third-order valence-corrected chi connectivity index (χ3v) is 5.01. The van der Waals surface area contributed by atoms with Gasteiger partial charge in [-0.2, -0.15) is 0 Å². The first kappa shape index (κ1) is 15.9. The number of benzene rings is 1. The van der Waals surface area contributed by atoms with Crippen molar-refractivity contribution < 1.29 is 18.7 Å². The number of hydrogen-bond donors (Lipinski definition) is 1. The third kappa shape index (κ3) is 3.06. The number of carbonyl (C=O) groups excluding carboxylic acids is 2. The number of hydrogen-bond acceptors (Lipinski definition) is 3. The fraction of sp³-hybridized carbons (Fsp3) is 0.444. The van der Waals surface area contributed by atoms with E-state index in [9.17, 15) is 14.0 Å². The summed E-state index contributed by atoms with van der Waals surface area (Å²) in [6.07, 6.45) is 2.11. The molecule has 1 N–H and O–H groups in total. The highest BCUT2D eigenvalue weighted by molar-refractivity contribution is 5.98. The summed E-state index contributed by atoms with van der Waals surface area (Å²) in [5, 5.41) is 0.689. The van der Waals surface area contributed by atoms with Crippen LogP contribution >= 0.6 is 0 Å². The molecule has 2 aliphatic heterocycles. The second-order valence-corrected chi connectivity index (χ2v) is 6.60. The molecule has 2 aliphatic rings. The number of ether oxygens (including phenoxy) is 1. The second-order valence-electron chi connectivity index (χ2n) is 6.60. The van der Waals surface area contributed by atoms with Crippen LogP contribution in [0.2, 0.25) is 0 Å². The Labute approximate surface area is 144 Å². The molecule has 6 nitrogen and oxygen atoms in total. The number of cyclic esters (lactones) is 1. The first-order valence-corrected chi connectivity index (χ1v) is 8.63. The maximum absolute atomic E-state index is 13.3. The minimum absolute atomic E-state index is 0.0868. The Morgan fingerprint density at radius 3 is 2.76 bits per heavy atom.